The number of carbonyl (C=O) groups excluding carboxylic acids is 2. The van der Waals surface area contributed by atoms with Crippen LogP contribution in [0.25, 0.3) is 11.0 Å². The Hall–Kier alpha value is -2.48. The van der Waals surface area contributed by atoms with Crippen LogP contribution in [0.4, 0.5) is 0 Å². The second-order valence-corrected chi connectivity index (χ2v) is 7.02. The van der Waals surface area contributed by atoms with Crippen LogP contribution in [0.3, 0.4) is 0 Å². The van der Waals surface area contributed by atoms with E-state index >= 15 is 0 Å². The highest BCUT2D eigenvalue weighted by Gasteiger charge is 2.24. The molecule has 1 N–H and O–H groups in total. The molecule has 0 aliphatic rings. The molecule has 2 aromatic rings. The quantitative estimate of drug-likeness (QED) is 0.543. The van der Waals surface area contributed by atoms with Gasteiger partial charge in [-0.15, -0.1) is 0 Å². The Labute approximate surface area is 161 Å². The molecule has 0 aliphatic heterocycles. The Morgan fingerprint density at radius 1 is 1.30 bits per heavy atom. The fourth-order valence-electron chi connectivity index (χ4n) is 2.55. The van der Waals surface area contributed by atoms with Crippen LogP contribution in [0.2, 0.25) is 0 Å². The summed E-state index contributed by atoms with van der Waals surface area (Å²) in [6.45, 7) is 3.40. The molecule has 0 aliphatic carbocycles. The molecule has 0 saturated heterocycles. The van der Waals surface area contributed by atoms with Gasteiger partial charge in [0, 0.05) is 17.5 Å². The number of carbonyl (C=O) groups is 2. The van der Waals surface area contributed by atoms with Gasteiger partial charge in [0.2, 0.25) is 0 Å². The van der Waals surface area contributed by atoms with Crippen molar-refractivity contribution in [3.63, 3.8) is 0 Å². The molecule has 1 aromatic carbocycles. The van der Waals surface area contributed by atoms with Crippen molar-refractivity contribution in [2.45, 2.75) is 32.4 Å². The van der Waals surface area contributed by atoms with E-state index in [9.17, 15) is 14.4 Å². The number of esters is 1. The average molecular weight is 393 g/mol. The molecule has 0 radical (unpaired) electrons. The van der Waals surface area contributed by atoms with Crippen molar-refractivity contribution in [1.29, 1.82) is 0 Å². The standard InChI is InChI=1S/C19H23NO6S/c1-11-9-17(21)26-16-10-13(5-6-14(11)16)25-12(2)18(22)20-15(7-8-27-4)19(23)24-3/h5-6,9-10,12,15H,7-8H2,1-4H3,(H,20,22)/t12?,15-/m0/s1. The number of hydrogen-bond donors (Lipinski definition) is 1. The number of thioether (sulfide) groups is 1. The molecule has 1 unspecified atom stereocenters. The third kappa shape index (κ3) is 5.50. The van der Waals surface area contributed by atoms with Crippen LogP contribution in [0.1, 0.15) is 18.9 Å². The summed E-state index contributed by atoms with van der Waals surface area (Å²) >= 11 is 1.57. The van der Waals surface area contributed by atoms with Gasteiger partial charge in [-0.1, -0.05) is 0 Å². The van der Waals surface area contributed by atoms with Crippen molar-refractivity contribution in [2.24, 2.45) is 0 Å². The second-order valence-electron chi connectivity index (χ2n) is 6.03. The molecular formula is C19H23NO6S. The van der Waals surface area contributed by atoms with E-state index in [1.165, 1.54) is 13.2 Å². The van der Waals surface area contributed by atoms with E-state index in [1.54, 1.807) is 36.9 Å². The van der Waals surface area contributed by atoms with Gasteiger partial charge in [-0.2, -0.15) is 11.8 Å². The topological polar surface area (TPSA) is 94.8 Å². The Morgan fingerprint density at radius 3 is 2.70 bits per heavy atom. The summed E-state index contributed by atoms with van der Waals surface area (Å²) in [6, 6.07) is 5.73. The first-order valence-corrected chi connectivity index (χ1v) is 9.83. The zero-order chi connectivity index (χ0) is 20.0. The number of hydrogen-bond acceptors (Lipinski definition) is 7. The lowest BCUT2D eigenvalue weighted by Crippen LogP contribution is -2.47. The molecule has 0 spiro atoms. The summed E-state index contributed by atoms with van der Waals surface area (Å²) in [5, 5.41) is 3.45. The van der Waals surface area contributed by atoms with E-state index in [0.717, 1.165) is 10.9 Å². The highest BCUT2D eigenvalue weighted by atomic mass is 32.2. The number of fused-ring (bicyclic) bond motifs is 1. The van der Waals surface area contributed by atoms with E-state index in [2.05, 4.69) is 5.32 Å². The minimum Gasteiger partial charge on any atom is -0.481 e. The molecule has 2 rings (SSSR count). The molecule has 0 fully saturated rings. The van der Waals surface area contributed by atoms with Crippen molar-refractivity contribution < 1.29 is 23.5 Å². The Morgan fingerprint density at radius 2 is 2.04 bits per heavy atom. The van der Waals surface area contributed by atoms with Gasteiger partial charge in [-0.05, 0) is 50.0 Å². The van der Waals surface area contributed by atoms with Crippen molar-refractivity contribution in [3.05, 3.63) is 40.2 Å². The molecule has 1 aromatic heterocycles. The number of ether oxygens (including phenoxy) is 2. The van der Waals surface area contributed by atoms with E-state index in [-0.39, 0.29) is 0 Å². The van der Waals surface area contributed by atoms with Crippen LogP contribution in [-0.4, -0.2) is 43.1 Å². The Balaban J connectivity index is 2.09. The number of amides is 1. The monoisotopic (exact) mass is 393 g/mol. The first-order valence-electron chi connectivity index (χ1n) is 8.44. The summed E-state index contributed by atoms with van der Waals surface area (Å²) in [5.74, 6) is 0.167. The smallest absolute Gasteiger partial charge is 0.336 e. The van der Waals surface area contributed by atoms with E-state index in [0.29, 0.717) is 23.5 Å². The normalized spacial score (nSPS) is 13.0. The first-order chi connectivity index (χ1) is 12.8. The van der Waals surface area contributed by atoms with Gasteiger partial charge in [0.25, 0.3) is 5.91 Å². The average Bonchev–Trinajstić information content (AvgIpc) is 2.63. The summed E-state index contributed by atoms with van der Waals surface area (Å²) in [6.07, 6.45) is 1.54. The molecule has 27 heavy (non-hydrogen) atoms. The molecule has 8 heteroatoms. The van der Waals surface area contributed by atoms with Gasteiger partial charge >= 0.3 is 11.6 Å². The highest BCUT2D eigenvalue weighted by molar-refractivity contribution is 7.98. The highest BCUT2D eigenvalue weighted by Crippen LogP contribution is 2.23. The van der Waals surface area contributed by atoms with Crippen LogP contribution in [-0.2, 0) is 14.3 Å². The van der Waals surface area contributed by atoms with Gasteiger partial charge < -0.3 is 19.2 Å². The molecule has 0 bridgehead atoms. The molecule has 1 heterocycles. The van der Waals surface area contributed by atoms with E-state index < -0.39 is 29.6 Å². The van der Waals surface area contributed by atoms with Gasteiger partial charge in [0.1, 0.15) is 17.4 Å². The predicted octanol–water partition coefficient (Wildman–Crippen LogP) is 2.28. The van der Waals surface area contributed by atoms with Crippen molar-refractivity contribution in [2.75, 3.05) is 19.1 Å². The van der Waals surface area contributed by atoms with Crippen molar-refractivity contribution >= 4 is 34.6 Å². The zero-order valence-corrected chi connectivity index (χ0v) is 16.6. The minimum absolute atomic E-state index is 0.387. The number of nitrogens with one attached hydrogen (secondary N) is 1. The minimum atomic E-state index is -0.847. The largest absolute Gasteiger partial charge is 0.481 e. The third-order valence-corrected chi connectivity index (χ3v) is 4.66. The molecule has 2 atom stereocenters. The second kappa shape index (κ2) is 9.45. The number of benzene rings is 1. The van der Waals surface area contributed by atoms with Gasteiger partial charge in [-0.3, -0.25) is 4.79 Å². The summed E-state index contributed by atoms with van der Waals surface area (Å²) in [7, 11) is 1.28. The molecule has 7 nitrogen and oxygen atoms in total. The van der Waals surface area contributed by atoms with Crippen LogP contribution in [0.5, 0.6) is 5.75 Å². The molecule has 146 valence electrons. The summed E-state index contributed by atoms with van der Waals surface area (Å²) in [4.78, 5) is 35.7. The number of aryl methyl sites for hydroxylation is 1. The maximum absolute atomic E-state index is 12.4. The summed E-state index contributed by atoms with van der Waals surface area (Å²) in [5.41, 5.74) is 0.739. The third-order valence-electron chi connectivity index (χ3n) is 4.02. The zero-order valence-electron chi connectivity index (χ0n) is 15.7. The lowest BCUT2D eigenvalue weighted by Gasteiger charge is -2.20. The van der Waals surface area contributed by atoms with E-state index in [1.807, 2.05) is 13.2 Å². The fourth-order valence-corrected chi connectivity index (χ4v) is 3.02. The number of rotatable bonds is 8. The van der Waals surface area contributed by atoms with E-state index in [4.69, 9.17) is 13.9 Å². The number of methoxy groups -OCH3 is 1. The molecular weight excluding hydrogens is 370 g/mol. The Bertz CT molecular complexity index is 878. The van der Waals surface area contributed by atoms with Crippen LogP contribution < -0.4 is 15.7 Å². The van der Waals surface area contributed by atoms with Crippen molar-refractivity contribution in [1.82, 2.24) is 5.32 Å². The maximum Gasteiger partial charge on any atom is 0.336 e. The predicted molar refractivity (Wildman–Crippen MR) is 104 cm³/mol. The molecule has 0 saturated carbocycles. The first kappa shape index (κ1) is 20.8. The SMILES string of the molecule is COC(=O)[C@H](CCSC)NC(=O)C(C)Oc1ccc2c(C)cc(=O)oc2c1. The van der Waals surface area contributed by atoms with Crippen LogP contribution in [0, 0.1) is 6.92 Å². The summed E-state index contributed by atoms with van der Waals surface area (Å²) < 4.78 is 15.6. The maximum atomic E-state index is 12.4. The van der Waals surface area contributed by atoms with Crippen molar-refractivity contribution in [3.8, 4) is 5.75 Å². The van der Waals surface area contributed by atoms with Crippen LogP contribution >= 0.6 is 11.8 Å². The van der Waals surface area contributed by atoms with Gasteiger partial charge in [-0.25, -0.2) is 9.59 Å². The lowest BCUT2D eigenvalue weighted by atomic mass is 10.1. The lowest BCUT2D eigenvalue weighted by molar-refractivity contribution is -0.146. The fraction of sp³-hybridized carbons (Fsp3) is 0.421. The Kier molecular flexibility index (Phi) is 7.29. The van der Waals surface area contributed by atoms with Gasteiger partial charge in [0.15, 0.2) is 6.10 Å². The van der Waals surface area contributed by atoms with Crippen LogP contribution in [0.15, 0.2) is 33.5 Å². The molecule has 1 amide bonds. The van der Waals surface area contributed by atoms with Gasteiger partial charge in [0.05, 0.1) is 7.11 Å².